The van der Waals surface area contributed by atoms with Crippen LogP contribution in [0.2, 0.25) is 0 Å². The van der Waals surface area contributed by atoms with Crippen LogP contribution in [0, 0.1) is 5.92 Å². The van der Waals surface area contributed by atoms with Crippen molar-refractivity contribution < 1.29 is 47.5 Å². The van der Waals surface area contributed by atoms with Gasteiger partial charge in [-0.25, -0.2) is 0 Å². The summed E-state index contributed by atoms with van der Waals surface area (Å²) in [6, 6.07) is 0.166. The number of nitrogens with one attached hydrogen (secondary N) is 2. The fraction of sp³-hybridized carbons (Fsp3) is 0.933. The molecule has 0 aromatic heterocycles. The van der Waals surface area contributed by atoms with Crippen LogP contribution in [0.15, 0.2) is 0 Å². The lowest BCUT2D eigenvalue weighted by molar-refractivity contribution is -0.123. The minimum absolute atomic E-state index is 0.0119. The second kappa shape index (κ2) is 32.5. The number of hydrogen-bond acceptors (Lipinski definition) is 10. The molecule has 1 atom stereocenters. The van der Waals surface area contributed by atoms with E-state index in [0.29, 0.717) is 131 Å². The van der Waals surface area contributed by atoms with Gasteiger partial charge in [0.2, 0.25) is 11.8 Å². The van der Waals surface area contributed by atoms with Crippen LogP contribution in [-0.2, 0) is 47.5 Å². The van der Waals surface area contributed by atoms with Crippen molar-refractivity contribution in [3.63, 3.8) is 0 Å². The summed E-state index contributed by atoms with van der Waals surface area (Å²) in [5, 5.41) is 5.80. The van der Waals surface area contributed by atoms with Crippen LogP contribution in [0.1, 0.15) is 59.8 Å². The highest BCUT2D eigenvalue weighted by atomic mass is 16.6. The molecule has 0 aliphatic rings. The first-order valence-corrected chi connectivity index (χ1v) is 15.6. The molecule has 0 aliphatic carbocycles. The van der Waals surface area contributed by atoms with Crippen LogP contribution in [0.25, 0.3) is 0 Å². The largest absolute Gasteiger partial charge is 0.379 e. The Labute approximate surface area is 254 Å². The van der Waals surface area contributed by atoms with Gasteiger partial charge in [-0.3, -0.25) is 9.59 Å². The molecule has 250 valence electrons. The highest BCUT2D eigenvalue weighted by Crippen LogP contribution is 2.00. The zero-order valence-electron chi connectivity index (χ0n) is 26.8. The van der Waals surface area contributed by atoms with Crippen LogP contribution in [-0.4, -0.2) is 130 Å². The minimum atomic E-state index is 0.0119. The Balaban J connectivity index is 3.15. The Morgan fingerprint density at radius 2 is 0.881 bits per heavy atom. The molecular weight excluding hydrogens is 548 g/mol. The zero-order chi connectivity index (χ0) is 30.9. The molecule has 0 heterocycles. The summed E-state index contributed by atoms with van der Waals surface area (Å²) >= 11 is 0. The molecule has 12 nitrogen and oxygen atoms in total. The van der Waals surface area contributed by atoms with Gasteiger partial charge in [0.1, 0.15) is 0 Å². The molecule has 2 N–H and O–H groups in total. The molecule has 0 fully saturated rings. The predicted octanol–water partition coefficient (Wildman–Crippen LogP) is 2.37. The van der Waals surface area contributed by atoms with Gasteiger partial charge in [0.25, 0.3) is 0 Å². The van der Waals surface area contributed by atoms with Crippen molar-refractivity contribution in [1.29, 1.82) is 0 Å². The van der Waals surface area contributed by atoms with Crippen LogP contribution in [0.5, 0.6) is 0 Å². The number of unbranched alkanes of at least 4 members (excludes halogenated alkanes) is 2. The summed E-state index contributed by atoms with van der Waals surface area (Å²) < 4.78 is 43.6. The van der Waals surface area contributed by atoms with Crippen molar-refractivity contribution in [3.8, 4) is 0 Å². The van der Waals surface area contributed by atoms with E-state index in [1.165, 1.54) is 0 Å². The molecule has 2 amide bonds. The highest BCUT2D eigenvalue weighted by Gasteiger charge is 2.10. The summed E-state index contributed by atoms with van der Waals surface area (Å²) in [5.41, 5.74) is 0. The monoisotopic (exact) mass is 608 g/mol. The number of ether oxygens (including phenoxy) is 8. The maximum atomic E-state index is 11.8. The Morgan fingerprint density at radius 3 is 1.26 bits per heavy atom. The summed E-state index contributed by atoms with van der Waals surface area (Å²) in [4.78, 5) is 23.3. The van der Waals surface area contributed by atoms with Crippen LogP contribution in [0.4, 0.5) is 0 Å². The summed E-state index contributed by atoms with van der Waals surface area (Å²) in [6.07, 6.45) is 4.09. The van der Waals surface area contributed by atoms with E-state index in [1.807, 2.05) is 6.92 Å². The van der Waals surface area contributed by atoms with Crippen molar-refractivity contribution in [2.24, 2.45) is 5.92 Å². The van der Waals surface area contributed by atoms with Crippen LogP contribution < -0.4 is 10.6 Å². The minimum Gasteiger partial charge on any atom is -0.379 e. The maximum Gasteiger partial charge on any atom is 0.222 e. The molecule has 0 bridgehead atoms. The van der Waals surface area contributed by atoms with Crippen molar-refractivity contribution in [1.82, 2.24) is 10.6 Å². The number of carbonyl (C=O) groups is 2. The van der Waals surface area contributed by atoms with Gasteiger partial charge < -0.3 is 48.5 Å². The summed E-state index contributed by atoms with van der Waals surface area (Å²) in [7, 11) is 0. The quantitative estimate of drug-likeness (QED) is 0.107. The Hall–Kier alpha value is -1.38. The lowest BCUT2D eigenvalue weighted by Crippen LogP contribution is -2.36. The first kappa shape index (κ1) is 40.6. The van der Waals surface area contributed by atoms with E-state index in [9.17, 15) is 9.59 Å². The van der Waals surface area contributed by atoms with Gasteiger partial charge in [-0.2, -0.15) is 0 Å². The third kappa shape index (κ3) is 31.6. The van der Waals surface area contributed by atoms with E-state index in [1.54, 1.807) is 0 Å². The lowest BCUT2D eigenvalue weighted by Gasteiger charge is -2.17. The van der Waals surface area contributed by atoms with Crippen molar-refractivity contribution in [2.45, 2.75) is 65.8 Å². The van der Waals surface area contributed by atoms with Crippen molar-refractivity contribution >= 4 is 11.8 Å². The first-order valence-electron chi connectivity index (χ1n) is 15.6. The number of amides is 2. The van der Waals surface area contributed by atoms with E-state index < -0.39 is 0 Å². The normalized spacial score (nSPS) is 12.1. The van der Waals surface area contributed by atoms with Crippen molar-refractivity contribution in [3.05, 3.63) is 0 Å². The van der Waals surface area contributed by atoms with Crippen LogP contribution >= 0.6 is 0 Å². The molecule has 1 unspecified atom stereocenters. The van der Waals surface area contributed by atoms with Gasteiger partial charge in [0, 0.05) is 25.4 Å². The Morgan fingerprint density at radius 1 is 0.500 bits per heavy atom. The second-order valence-corrected chi connectivity index (χ2v) is 10.1. The topological polar surface area (TPSA) is 132 Å². The van der Waals surface area contributed by atoms with Gasteiger partial charge in [-0.15, -0.1) is 0 Å². The number of hydrogen-bond donors (Lipinski definition) is 2. The van der Waals surface area contributed by atoms with E-state index >= 15 is 0 Å². The molecule has 0 rings (SSSR count). The molecular formula is C30H60N2O10. The fourth-order valence-corrected chi connectivity index (χ4v) is 3.19. The first-order chi connectivity index (χ1) is 20.5. The molecule has 0 aromatic rings. The molecule has 0 aliphatic heterocycles. The van der Waals surface area contributed by atoms with E-state index in [4.69, 9.17) is 37.9 Å². The molecule has 0 radical (unpaired) electrons. The Bertz CT molecular complexity index is 598. The van der Waals surface area contributed by atoms with E-state index in [0.717, 1.165) is 19.3 Å². The number of rotatable bonds is 33. The third-order valence-corrected chi connectivity index (χ3v) is 6.04. The predicted molar refractivity (Wildman–Crippen MR) is 161 cm³/mol. The molecule has 42 heavy (non-hydrogen) atoms. The average molecular weight is 609 g/mol. The summed E-state index contributed by atoms with van der Waals surface area (Å²) in [5.74, 6) is 0.515. The molecule has 0 spiro atoms. The number of carbonyl (C=O) groups excluding carboxylic acids is 2. The van der Waals surface area contributed by atoms with Crippen LogP contribution in [0.3, 0.4) is 0 Å². The van der Waals surface area contributed by atoms with Crippen molar-refractivity contribution in [2.75, 3.05) is 112 Å². The molecule has 12 heteroatoms. The molecule has 0 saturated heterocycles. The summed E-state index contributed by atoms with van der Waals surface area (Å²) in [6.45, 7) is 16.5. The highest BCUT2D eigenvalue weighted by molar-refractivity contribution is 5.76. The smallest absolute Gasteiger partial charge is 0.222 e. The molecule has 0 saturated carbocycles. The lowest BCUT2D eigenvalue weighted by atomic mass is 10.1. The standard InChI is InChI=1S/C30H60N2O10/c1-5-6-7-8-29(33)31-10-12-36-14-16-38-18-20-40-22-24-42-26-25-41-23-21-39-19-17-37-15-13-35-11-9-30(34)32-28(4)27(2)3/h27-28H,5-26H2,1-4H3,(H,31,33)(H,32,34). The Kier molecular flexibility index (Phi) is 31.5. The van der Waals surface area contributed by atoms with E-state index in [-0.39, 0.29) is 17.9 Å². The van der Waals surface area contributed by atoms with Gasteiger partial charge >= 0.3 is 0 Å². The molecule has 0 aromatic carbocycles. The van der Waals surface area contributed by atoms with Gasteiger partial charge in [0.05, 0.1) is 106 Å². The van der Waals surface area contributed by atoms with Gasteiger partial charge in [-0.05, 0) is 19.3 Å². The third-order valence-electron chi connectivity index (χ3n) is 6.04. The van der Waals surface area contributed by atoms with Gasteiger partial charge in [-0.1, -0.05) is 33.6 Å². The SMILES string of the molecule is CCCCCC(=O)NCCOCCOCCOCCOCCOCCOCCOCCOCCC(=O)NC(C)C(C)C. The maximum absolute atomic E-state index is 11.8. The van der Waals surface area contributed by atoms with Gasteiger partial charge in [0.15, 0.2) is 0 Å². The fourth-order valence-electron chi connectivity index (χ4n) is 3.19. The zero-order valence-corrected chi connectivity index (χ0v) is 26.8. The van der Waals surface area contributed by atoms with E-state index in [2.05, 4.69) is 31.4 Å². The average Bonchev–Trinajstić information content (AvgIpc) is 2.96. The second-order valence-electron chi connectivity index (χ2n) is 10.1.